The van der Waals surface area contributed by atoms with E-state index in [1.807, 2.05) is 30.3 Å². The molecule has 1 aromatic heterocycles. The Hall–Kier alpha value is -3.41. The summed E-state index contributed by atoms with van der Waals surface area (Å²) in [7, 11) is 1.55. The third kappa shape index (κ3) is 3.86. The van der Waals surface area contributed by atoms with E-state index in [1.54, 1.807) is 31.4 Å². The van der Waals surface area contributed by atoms with Crippen molar-refractivity contribution in [3.63, 3.8) is 0 Å². The van der Waals surface area contributed by atoms with Gasteiger partial charge in [-0.1, -0.05) is 24.3 Å². The molecule has 0 saturated carbocycles. The van der Waals surface area contributed by atoms with Crippen molar-refractivity contribution in [1.82, 2.24) is 9.97 Å². The summed E-state index contributed by atoms with van der Waals surface area (Å²) in [6.45, 7) is 0. The molecule has 24 heavy (non-hydrogen) atoms. The average Bonchev–Trinajstić information content (AvgIpc) is 2.64. The number of nitrogens with zero attached hydrogens (tertiary/aromatic N) is 2. The summed E-state index contributed by atoms with van der Waals surface area (Å²) in [4.78, 5) is 20.4. The molecule has 0 bridgehead atoms. The lowest BCUT2D eigenvalue weighted by molar-refractivity contribution is 0.102. The number of hydrogen-bond donors (Lipinski definition) is 1. The Kier molecular flexibility index (Phi) is 4.67. The summed E-state index contributed by atoms with van der Waals surface area (Å²) in [5.41, 5.74) is 0.960. The van der Waals surface area contributed by atoms with E-state index >= 15 is 0 Å². The van der Waals surface area contributed by atoms with E-state index < -0.39 is 0 Å². The van der Waals surface area contributed by atoms with Gasteiger partial charge in [0.2, 0.25) is 0 Å². The normalized spacial score (nSPS) is 10.0. The topological polar surface area (TPSA) is 73.3 Å². The van der Waals surface area contributed by atoms with Crippen molar-refractivity contribution in [2.24, 2.45) is 0 Å². The van der Waals surface area contributed by atoms with E-state index in [4.69, 9.17) is 9.47 Å². The van der Waals surface area contributed by atoms with Crippen LogP contribution in [0.4, 0.5) is 5.69 Å². The number of carbonyl (C=O) groups excluding carboxylic acids is 1. The minimum atomic E-state index is -0.269. The molecule has 6 heteroatoms. The molecule has 0 spiro atoms. The van der Waals surface area contributed by atoms with Crippen LogP contribution in [0.3, 0.4) is 0 Å². The third-order valence-electron chi connectivity index (χ3n) is 3.17. The molecule has 1 heterocycles. The number of anilines is 1. The number of aromatic nitrogens is 2. The Balaban J connectivity index is 1.66. The van der Waals surface area contributed by atoms with Gasteiger partial charge in [0.05, 0.1) is 25.2 Å². The summed E-state index contributed by atoms with van der Waals surface area (Å²) < 4.78 is 10.6. The van der Waals surface area contributed by atoms with Crippen molar-refractivity contribution < 1.29 is 14.3 Å². The van der Waals surface area contributed by atoms with Gasteiger partial charge >= 0.3 is 6.01 Å². The largest absolute Gasteiger partial charge is 0.497 e. The van der Waals surface area contributed by atoms with Crippen LogP contribution in [0.15, 0.2) is 67.0 Å². The first-order chi connectivity index (χ1) is 11.7. The second kappa shape index (κ2) is 7.23. The van der Waals surface area contributed by atoms with Crippen molar-refractivity contribution >= 4 is 11.6 Å². The van der Waals surface area contributed by atoms with Gasteiger partial charge in [-0.3, -0.25) is 4.79 Å². The standard InChI is InChI=1S/C18H15N3O3/c1-23-16-9-5-6-13(10-16)17(22)21-14-11-19-18(20-12-14)24-15-7-3-2-4-8-15/h2-12H,1H3,(H,21,22). The molecule has 3 rings (SSSR count). The summed E-state index contributed by atoms with van der Waals surface area (Å²) in [5.74, 6) is 0.991. The van der Waals surface area contributed by atoms with Gasteiger partial charge in [-0.2, -0.15) is 0 Å². The van der Waals surface area contributed by atoms with Crippen LogP contribution in [0.25, 0.3) is 0 Å². The number of hydrogen-bond acceptors (Lipinski definition) is 5. The van der Waals surface area contributed by atoms with Gasteiger partial charge in [0.1, 0.15) is 11.5 Å². The highest BCUT2D eigenvalue weighted by Crippen LogP contribution is 2.18. The number of ether oxygens (including phenoxy) is 2. The maximum Gasteiger partial charge on any atom is 0.322 e. The summed E-state index contributed by atoms with van der Waals surface area (Å²) >= 11 is 0. The monoisotopic (exact) mass is 321 g/mol. The number of benzene rings is 2. The molecule has 1 amide bonds. The van der Waals surface area contributed by atoms with E-state index in [0.717, 1.165) is 0 Å². The Bertz CT molecular complexity index is 820. The molecule has 1 N–H and O–H groups in total. The SMILES string of the molecule is COc1cccc(C(=O)Nc2cnc(Oc3ccccc3)nc2)c1. The zero-order valence-corrected chi connectivity index (χ0v) is 13.0. The van der Waals surface area contributed by atoms with E-state index in [1.165, 1.54) is 12.4 Å². The van der Waals surface area contributed by atoms with Gasteiger partial charge in [-0.15, -0.1) is 0 Å². The van der Waals surface area contributed by atoms with Crippen LogP contribution >= 0.6 is 0 Å². The van der Waals surface area contributed by atoms with E-state index in [9.17, 15) is 4.79 Å². The Morgan fingerprint density at radius 3 is 2.38 bits per heavy atom. The molecular weight excluding hydrogens is 306 g/mol. The highest BCUT2D eigenvalue weighted by molar-refractivity contribution is 6.04. The molecule has 3 aromatic rings. The third-order valence-corrected chi connectivity index (χ3v) is 3.17. The van der Waals surface area contributed by atoms with Crippen LogP contribution < -0.4 is 14.8 Å². The molecule has 0 fully saturated rings. The summed E-state index contributed by atoms with van der Waals surface area (Å²) in [5, 5.41) is 2.73. The first kappa shape index (κ1) is 15.5. The summed E-state index contributed by atoms with van der Waals surface area (Å²) in [6, 6.07) is 16.3. The predicted molar refractivity (Wildman–Crippen MR) is 89.5 cm³/mol. The molecule has 0 unspecified atom stereocenters. The van der Waals surface area contributed by atoms with E-state index in [0.29, 0.717) is 22.7 Å². The highest BCUT2D eigenvalue weighted by atomic mass is 16.5. The van der Waals surface area contributed by atoms with E-state index in [2.05, 4.69) is 15.3 Å². The van der Waals surface area contributed by atoms with Crippen LogP contribution in [0.2, 0.25) is 0 Å². The molecule has 120 valence electrons. The zero-order chi connectivity index (χ0) is 16.8. The zero-order valence-electron chi connectivity index (χ0n) is 13.0. The van der Waals surface area contributed by atoms with Gasteiger partial charge < -0.3 is 14.8 Å². The molecule has 6 nitrogen and oxygen atoms in total. The molecule has 0 aliphatic rings. The van der Waals surface area contributed by atoms with Gasteiger partial charge in [0.15, 0.2) is 0 Å². The number of amides is 1. The molecule has 0 atom stereocenters. The summed E-state index contributed by atoms with van der Waals surface area (Å²) in [6.07, 6.45) is 2.98. The minimum Gasteiger partial charge on any atom is -0.497 e. The van der Waals surface area contributed by atoms with Crippen molar-refractivity contribution in [3.05, 3.63) is 72.6 Å². The maximum atomic E-state index is 12.2. The van der Waals surface area contributed by atoms with Gasteiger partial charge in [-0.05, 0) is 30.3 Å². The lowest BCUT2D eigenvalue weighted by Crippen LogP contribution is -2.12. The van der Waals surface area contributed by atoms with Gasteiger partial charge in [-0.25, -0.2) is 9.97 Å². The first-order valence-corrected chi connectivity index (χ1v) is 7.25. The number of carbonyl (C=O) groups is 1. The Labute approximate surface area is 139 Å². The molecule has 0 aliphatic heterocycles. The first-order valence-electron chi connectivity index (χ1n) is 7.25. The van der Waals surface area contributed by atoms with Crippen LogP contribution in [-0.4, -0.2) is 23.0 Å². The van der Waals surface area contributed by atoms with Crippen LogP contribution in [0, 0.1) is 0 Å². The molecule has 0 aliphatic carbocycles. The maximum absolute atomic E-state index is 12.2. The smallest absolute Gasteiger partial charge is 0.322 e. The van der Waals surface area contributed by atoms with E-state index in [-0.39, 0.29) is 11.9 Å². The van der Waals surface area contributed by atoms with Crippen molar-refractivity contribution in [2.45, 2.75) is 0 Å². The lowest BCUT2D eigenvalue weighted by Gasteiger charge is -2.07. The number of para-hydroxylation sites is 1. The fraction of sp³-hybridized carbons (Fsp3) is 0.0556. The van der Waals surface area contributed by atoms with Crippen LogP contribution in [-0.2, 0) is 0 Å². The highest BCUT2D eigenvalue weighted by Gasteiger charge is 2.08. The van der Waals surface area contributed by atoms with Crippen molar-refractivity contribution in [1.29, 1.82) is 0 Å². The quantitative estimate of drug-likeness (QED) is 0.778. The van der Waals surface area contributed by atoms with Crippen LogP contribution in [0.1, 0.15) is 10.4 Å². The lowest BCUT2D eigenvalue weighted by atomic mass is 10.2. The fourth-order valence-corrected chi connectivity index (χ4v) is 1.99. The van der Waals surface area contributed by atoms with Gasteiger partial charge in [0.25, 0.3) is 5.91 Å². The second-order valence-corrected chi connectivity index (χ2v) is 4.86. The van der Waals surface area contributed by atoms with Crippen molar-refractivity contribution in [3.8, 4) is 17.5 Å². The fourth-order valence-electron chi connectivity index (χ4n) is 1.99. The number of nitrogens with one attached hydrogen (secondary N) is 1. The molecular formula is C18H15N3O3. The molecule has 2 aromatic carbocycles. The van der Waals surface area contributed by atoms with Gasteiger partial charge in [0, 0.05) is 5.56 Å². The number of methoxy groups -OCH3 is 1. The molecule has 0 radical (unpaired) electrons. The Morgan fingerprint density at radius 2 is 1.67 bits per heavy atom. The average molecular weight is 321 g/mol. The predicted octanol–water partition coefficient (Wildman–Crippen LogP) is 3.53. The minimum absolute atomic E-state index is 0.209. The number of rotatable bonds is 5. The van der Waals surface area contributed by atoms with Crippen molar-refractivity contribution in [2.75, 3.05) is 12.4 Å². The van der Waals surface area contributed by atoms with Crippen LogP contribution in [0.5, 0.6) is 17.5 Å². The Morgan fingerprint density at radius 1 is 0.958 bits per heavy atom. The molecule has 0 saturated heterocycles. The second-order valence-electron chi connectivity index (χ2n) is 4.86.